The standard InChI is InChI=1S/C23H26N4O3S/c1-3-27(4-2)31(29,30)21-12-10-20(11-13-21)23(28)24-15-14-18-16-25-22(26-17-18)19-8-6-5-7-9-19/h5-13,16-17H,3-4,14-15H2,1-2H3,(H,24,28). The molecule has 7 nitrogen and oxygen atoms in total. The summed E-state index contributed by atoms with van der Waals surface area (Å²) in [6, 6.07) is 15.7. The third-order valence-corrected chi connectivity index (χ3v) is 6.96. The van der Waals surface area contributed by atoms with Crippen LogP contribution in [0.1, 0.15) is 29.8 Å². The molecular formula is C23H26N4O3S. The first-order valence-corrected chi connectivity index (χ1v) is 11.6. The van der Waals surface area contributed by atoms with Crippen molar-refractivity contribution in [3.05, 3.63) is 78.1 Å². The molecule has 0 unspecified atom stereocenters. The third-order valence-electron chi connectivity index (χ3n) is 4.90. The number of nitrogens with zero attached hydrogens (tertiary/aromatic N) is 3. The van der Waals surface area contributed by atoms with Gasteiger partial charge in [0.25, 0.3) is 5.91 Å². The zero-order chi connectivity index (χ0) is 22.3. The Kier molecular flexibility index (Phi) is 7.49. The minimum atomic E-state index is -3.53. The Morgan fingerprint density at radius 2 is 1.55 bits per heavy atom. The number of sulfonamides is 1. The van der Waals surface area contributed by atoms with Crippen LogP contribution >= 0.6 is 0 Å². The van der Waals surface area contributed by atoms with Crippen LogP contribution in [-0.4, -0.2) is 48.2 Å². The van der Waals surface area contributed by atoms with Crippen molar-refractivity contribution in [2.45, 2.75) is 25.2 Å². The topological polar surface area (TPSA) is 92.3 Å². The van der Waals surface area contributed by atoms with Crippen molar-refractivity contribution in [1.29, 1.82) is 0 Å². The fraction of sp³-hybridized carbons (Fsp3) is 0.261. The van der Waals surface area contributed by atoms with Crippen molar-refractivity contribution in [3.63, 3.8) is 0 Å². The average Bonchev–Trinajstić information content (AvgIpc) is 2.81. The number of rotatable bonds is 9. The van der Waals surface area contributed by atoms with E-state index < -0.39 is 10.0 Å². The number of nitrogens with one attached hydrogen (secondary N) is 1. The van der Waals surface area contributed by atoms with Crippen molar-refractivity contribution in [2.24, 2.45) is 0 Å². The predicted molar refractivity (Wildman–Crippen MR) is 120 cm³/mol. The molecular weight excluding hydrogens is 412 g/mol. The second-order valence-electron chi connectivity index (χ2n) is 6.90. The molecule has 0 saturated heterocycles. The van der Waals surface area contributed by atoms with Gasteiger partial charge in [-0.25, -0.2) is 18.4 Å². The molecule has 1 aromatic heterocycles. The van der Waals surface area contributed by atoms with Crippen LogP contribution in [0.4, 0.5) is 0 Å². The number of amides is 1. The zero-order valence-electron chi connectivity index (χ0n) is 17.7. The van der Waals surface area contributed by atoms with Gasteiger partial charge < -0.3 is 5.32 Å². The Bertz CT molecular complexity index is 1100. The van der Waals surface area contributed by atoms with Crippen LogP contribution in [0.2, 0.25) is 0 Å². The van der Waals surface area contributed by atoms with Crippen LogP contribution in [0, 0.1) is 0 Å². The summed E-state index contributed by atoms with van der Waals surface area (Å²) in [5.41, 5.74) is 2.28. The largest absolute Gasteiger partial charge is 0.352 e. The molecule has 0 aliphatic carbocycles. The Hall–Kier alpha value is -3.10. The summed E-state index contributed by atoms with van der Waals surface area (Å²) in [7, 11) is -3.53. The lowest BCUT2D eigenvalue weighted by Gasteiger charge is -2.18. The van der Waals surface area contributed by atoms with E-state index in [0.717, 1.165) is 11.1 Å². The summed E-state index contributed by atoms with van der Waals surface area (Å²) in [5, 5.41) is 2.84. The molecule has 8 heteroatoms. The van der Waals surface area contributed by atoms with Gasteiger partial charge in [-0.1, -0.05) is 44.2 Å². The first-order chi connectivity index (χ1) is 15.0. The first-order valence-electron chi connectivity index (χ1n) is 10.2. The molecule has 3 aromatic rings. The van der Waals surface area contributed by atoms with Gasteiger partial charge in [-0.15, -0.1) is 0 Å². The second kappa shape index (κ2) is 10.3. The highest BCUT2D eigenvalue weighted by molar-refractivity contribution is 7.89. The predicted octanol–water partition coefficient (Wildman–Crippen LogP) is 3.15. The van der Waals surface area contributed by atoms with Crippen molar-refractivity contribution >= 4 is 15.9 Å². The normalized spacial score (nSPS) is 11.5. The average molecular weight is 439 g/mol. The number of benzene rings is 2. The van der Waals surface area contributed by atoms with Gasteiger partial charge in [0.2, 0.25) is 10.0 Å². The van der Waals surface area contributed by atoms with Gasteiger partial charge in [0.05, 0.1) is 4.90 Å². The molecule has 0 atom stereocenters. The fourth-order valence-electron chi connectivity index (χ4n) is 3.13. The van der Waals surface area contributed by atoms with Crippen LogP contribution in [-0.2, 0) is 16.4 Å². The van der Waals surface area contributed by atoms with Crippen LogP contribution in [0.3, 0.4) is 0 Å². The summed E-state index contributed by atoms with van der Waals surface area (Å²) in [4.78, 5) is 21.3. The van der Waals surface area contributed by atoms with E-state index in [1.807, 2.05) is 30.3 Å². The second-order valence-corrected chi connectivity index (χ2v) is 8.84. The van der Waals surface area contributed by atoms with E-state index in [-0.39, 0.29) is 10.8 Å². The lowest BCUT2D eigenvalue weighted by molar-refractivity contribution is 0.0954. The molecule has 2 aromatic carbocycles. The van der Waals surface area contributed by atoms with E-state index in [2.05, 4.69) is 15.3 Å². The van der Waals surface area contributed by atoms with Crippen LogP contribution in [0.15, 0.2) is 71.9 Å². The Labute approximate surface area is 183 Å². The minimum Gasteiger partial charge on any atom is -0.352 e. The van der Waals surface area contributed by atoms with Gasteiger partial charge in [-0.3, -0.25) is 4.79 Å². The highest BCUT2D eigenvalue weighted by Crippen LogP contribution is 2.16. The Morgan fingerprint density at radius 3 is 2.13 bits per heavy atom. The van der Waals surface area contributed by atoms with Crippen LogP contribution in [0.5, 0.6) is 0 Å². The van der Waals surface area contributed by atoms with Crippen molar-refractivity contribution in [3.8, 4) is 11.4 Å². The minimum absolute atomic E-state index is 0.184. The maximum absolute atomic E-state index is 12.5. The first kappa shape index (κ1) is 22.6. The van der Waals surface area contributed by atoms with Gasteiger partial charge in [0.1, 0.15) is 0 Å². The molecule has 0 radical (unpaired) electrons. The maximum atomic E-state index is 12.5. The van der Waals surface area contributed by atoms with E-state index in [0.29, 0.717) is 37.4 Å². The molecule has 3 rings (SSSR count). The number of hydrogen-bond acceptors (Lipinski definition) is 5. The van der Waals surface area contributed by atoms with Crippen molar-refractivity contribution < 1.29 is 13.2 Å². The van der Waals surface area contributed by atoms with Crippen LogP contribution in [0.25, 0.3) is 11.4 Å². The maximum Gasteiger partial charge on any atom is 0.251 e. The number of hydrogen-bond donors (Lipinski definition) is 1. The van der Waals surface area contributed by atoms with Gasteiger partial charge in [-0.05, 0) is 36.2 Å². The summed E-state index contributed by atoms with van der Waals surface area (Å²) in [6.45, 7) is 4.81. The number of aromatic nitrogens is 2. The number of carbonyl (C=O) groups is 1. The quantitative estimate of drug-likeness (QED) is 0.554. The summed E-state index contributed by atoms with van der Waals surface area (Å²) >= 11 is 0. The highest BCUT2D eigenvalue weighted by atomic mass is 32.2. The molecule has 0 aliphatic heterocycles. The van der Waals surface area contributed by atoms with E-state index in [1.54, 1.807) is 26.2 Å². The third kappa shape index (κ3) is 5.53. The van der Waals surface area contributed by atoms with E-state index in [4.69, 9.17) is 0 Å². The van der Waals surface area contributed by atoms with Gasteiger partial charge in [-0.2, -0.15) is 4.31 Å². The SMILES string of the molecule is CCN(CC)S(=O)(=O)c1ccc(C(=O)NCCc2cnc(-c3ccccc3)nc2)cc1. The van der Waals surface area contributed by atoms with Crippen molar-refractivity contribution in [2.75, 3.05) is 19.6 Å². The van der Waals surface area contributed by atoms with Crippen molar-refractivity contribution in [1.82, 2.24) is 19.6 Å². The molecule has 31 heavy (non-hydrogen) atoms. The van der Waals surface area contributed by atoms with Crippen LogP contribution < -0.4 is 5.32 Å². The number of carbonyl (C=O) groups excluding carboxylic acids is 1. The van der Waals surface area contributed by atoms with Gasteiger partial charge >= 0.3 is 0 Å². The fourth-order valence-corrected chi connectivity index (χ4v) is 4.59. The zero-order valence-corrected chi connectivity index (χ0v) is 18.5. The summed E-state index contributed by atoms with van der Waals surface area (Å²) in [6.07, 6.45) is 4.11. The lowest BCUT2D eigenvalue weighted by Crippen LogP contribution is -2.30. The Balaban J connectivity index is 1.55. The molecule has 0 fully saturated rings. The van der Waals surface area contributed by atoms with Gasteiger partial charge in [0.15, 0.2) is 5.82 Å². The van der Waals surface area contributed by atoms with Gasteiger partial charge in [0, 0.05) is 43.2 Å². The molecule has 0 aliphatic rings. The lowest BCUT2D eigenvalue weighted by atomic mass is 10.2. The molecule has 0 saturated carbocycles. The molecule has 1 N–H and O–H groups in total. The summed E-state index contributed by atoms with van der Waals surface area (Å²) in [5.74, 6) is 0.404. The smallest absolute Gasteiger partial charge is 0.251 e. The summed E-state index contributed by atoms with van der Waals surface area (Å²) < 4.78 is 26.4. The molecule has 1 amide bonds. The Morgan fingerprint density at radius 1 is 0.935 bits per heavy atom. The highest BCUT2D eigenvalue weighted by Gasteiger charge is 2.21. The molecule has 1 heterocycles. The van der Waals surface area contributed by atoms with E-state index >= 15 is 0 Å². The monoisotopic (exact) mass is 438 g/mol. The molecule has 0 spiro atoms. The van der Waals surface area contributed by atoms with E-state index in [9.17, 15) is 13.2 Å². The molecule has 162 valence electrons. The van der Waals surface area contributed by atoms with E-state index in [1.165, 1.54) is 28.6 Å². The molecule has 0 bridgehead atoms.